The minimum atomic E-state index is -3.92. The lowest BCUT2D eigenvalue weighted by atomic mass is 10.2. The summed E-state index contributed by atoms with van der Waals surface area (Å²) < 4.78 is 24.0. The topological polar surface area (TPSA) is 88.2 Å². The molecule has 1 amide bonds. The van der Waals surface area contributed by atoms with E-state index in [4.69, 9.17) is 34.8 Å². The van der Waals surface area contributed by atoms with Crippen molar-refractivity contribution in [3.63, 3.8) is 0 Å². The van der Waals surface area contributed by atoms with Crippen molar-refractivity contribution in [2.45, 2.75) is 4.90 Å². The summed E-state index contributed by atoms with van der Waals surface area (Å²) in [7, 11) is -3.92. The third-order valence-corrected chi connectivity index (χ3v) is 4.35. The minimum Gasteiger partial charge on any atom is -0.273 e. The van der Waals surface area contributed by atoms with Crippen LogP contribution in [0.5, 0.6) is 0 Å². The van der Waals surface area contributed by atoms with Crippen molar-refractivity contribution in [2.75, 3.05) is 0 Å². The molecule has 0 spiro atoms. The molecule has 2 aromatic rings. The molecular formula is C12H8Cl3N3O3S. The lowest BCUT2D eigenvalue weighted by Crippen LogP contribution is -2.41. The molecule has 0 saturated heterocycles. The van der Waals surface area contributed by atoms with E-state index < -0.39 is 15.9 Å². The molecule has 0 radical (unpaired) electrons. The first-order chi connectivity index (χ1) is 10.3. The van der Waals surface area contributed by atoms with Crippen molar-refractivity contribution in [3.8, 4) is 0 Å². The number of halogens is 3. The van der Waals surface area contributed by atoms with Gasteiger partial charge in [-0.25, -0.2) is 13.4 Å². The van der Waals surface area contributed by atoms with Crippen LogP contribution in [0.1, 0.15) is 10.4 Å². The number of hydrogen-bond acceptors (Lipinski definition) is 4. The number of carbonyl (C=O) groups excluding carboxylic acids is 1. The molecule has 10 heteroatoms. The average molecular weight is 381 g/mol. The van der Waals surface area contributed by atoms with E-state index in [-0.39, 0.29) is 20.8 Å². The predicted molar refractivity (Wildman–Crippen MR) is 83.5 cm³/mol. The van der Waals surface area contributed by atoms with Gasteiger partial charge in [0, 0.05) is 10.6 Å². The van der Waals surface area contributed by atoms with Gasteiger partial charge >= 0.3 is 0 Å². The van der Waals surface area contributed by atoms with Gasteiger partial charge < -0.3 is 0 Å². The molecule has 0 atom stereocenters. The number of aromatic nitrogens is 1. The highest BCUT2D eigenvalue weighted by atomic mass is 35.5. The van der Waals surface area contributed by atoms with Gasteiger partial charge in [-0.3, -0.25) is 10.2 Å². The van der Waals surface area contributed by atoms with Gasteiger partial charge in [0.2, 0.25) is 0 Å². The SMILES string of the molecule is O=C(NNS(=O)(=O)c1ccc(Cl)cc1)c1cc(Cl)nc(Cl)c1. The highest BCUT2D eigenvalue weighted by Crippen LogP contribution is 2.15. The molecule has 22 heavy (non-hydrogen) atoms. The average Bonchev–Trinajstić information content (AvgIpc) is 2.44. The molecule has 0 unspecified atom stereocenters. The quantitative estimate of drug-likeness (QED) is 0.630. The normalized spacial score (nSPS) is 11.2. The smallest absolute Gasteiger partial charge is 0.266 e. The lowest BCUT2D eigenvalue weighted by Gasteiger charge is -2.09. The molecular weight excluding hydrogens is 373 g/mol. The largest absolute Gasteiger partial charge is 0.273 e. The lowest BCUT2D eigenvalue weighted by molar-refractivity contribution is 0.0945. The number of rotatable bonds is 4. The van der Waals surface area contributed by atoms with Crippen molar-refractivity contribution >= 4 is 50.7 Å². The molecule has 0 aliphatic carbocycles. The maximum atomic E-state index is 12.0. The van der Waals surface area contributed by atoms with Crippen LogP contribution in [0.15, 0.2) is 41.3 Å². The zero-order chi connectivity index (χ0) is 16.3. The van der Waals surface area contributed by atoms with E-state index in [1.165, 1.54) is 36.4 Å². The number of nitrogens with zero attached hydrogens (tertiary/aromatic N) is 1. The van der Waals surface area contributed by atoms with Gasteiger partial charge in [0.1, 0.15) is 10.3 Å². The molecule has 116 valence electrons. The fraction of sp³-hybridized carbons (Fsp3) is 0. The van der Waals surface area contributed by atoms with Crippen molar-refractivity contribution in [2.24, 2.45) is 0 Å². The van der Waals surface area contributed by atoms with Gasteiger partial charge in [-0.05, 0) is 36.4 Å². The number of sulfonamides is 1. The number of amides is 1. The van der Waals surface area contributed by atoms with E-state index in [1.54, 1.807) is 0 Å². The minimum absolute atomic E-state index is 0.0122. The Hall–Kier alpha value is -1.38. The second kappa shape index (κ2) is 6.80. The zero-order valence-electron chi connectivity index (χ0n) is 10.7. The summed E-state index contributed by atoms with van der Waals surface area (Å²) in [5.41, 5.74) is 2.11. The standard InChI is InChI=1S/C12H8Cl3N3O3S/c13-8-1-3-9(4-2-8)22(20,21)18-17-12(19)7-5-10(14)16-11(15)6-7/h1-6,18H,(H,17,19). The number of benzene rings is 1. The molecule has 0 aliphatic rings. The van der Waals surface area contributed by atoms with Gasteiger partial charge in [0.05, 0.1) is 4.90 Å². The molecule has 1 aromatic carbocycles. The first-order valence-electron chi connectivity index (χ1n) is 5.69. The maximum absolute atomic E-state index is 12.0. The number of hydrazine groups is 1. The number of hydrogen-bond donors (Lipinski definition) is 2. The summed E-state index contributed by atoms with van der Waals surface area (Å²) in [5.74, 6) is -0.733. The van der Waals surface area contributed by atoms with Crippen LogP contribution < -0.4 is 10.3 Å². The van der Waals surface area contributed by atoms with Crippen molar-refractivity contribution in [1.29, 1.82) is 0 Å². The van der Waals surface area contributed by atoms with Gasteiger partial charge in [0.25, 0.3) is 15.9 Å². The third kappa shape index (κ3) is 4.31. The van der Waals surface area contributed by atoms with Gasteiger partial charge in [-0.1, -0.05) is 34.8 Å². The summed E-state index contributed by atoms with van der Waals surface area (Å²) >= 11 is 17.0. The van der Waals surface area contributed by atoms with E-state index >= 15 is 0 Å². The fourth-order valence-corrected chi connectivity index (χ4v) is 2.88. The summed E-state index contributed by atoms with van der Waals surface area (Å²) in [5, 5.41) is 0.417. The van der Waals surface area contributed by atoms with E-state index in [0.717, 1.165) is 0 Å². The van der Waals surface area contributed by atoms with Gasteiger partial charge in [-0.2, -0.15) is 0 Å². The summed E-state index contributed by atoms with van der Waals surface area (Å²) in [6, 6.07) is 7.94. The summed E-state index contributed by atoms with van der Waals surface area (Å²) in [6.07, 6.45) is 0. The van der Waals surface area contributed by atoms with Crippen molar-refractivity contribution in [1.82, 2.24) is 15.2 Å². The summed E-state index contributed by atoms with van der Waals surface area (Å²) in [4.78, 5) is 17.5. The molecule has 0 saturated carbocycles. The van der Waals surface area contributed by atoms with Crippen LogP contribution in [0.2, 0.25) is 15.3 Å². The molecule has 2 rings (SSSR count). The highest BCUT2D eigenvalue weighted by molar-refractivity contribution is 7.89. The maximum Gasteiger partial charge on any atom is 0.266 e. The van der Waals surface area contributed by atoms with Crippen LogP contribution in [0.4, 0.5) is 0 Å². The van der Waals surface area contributed by atoms with Crippen LogP contribution in [-0.2, 0) is 10.0 Å². The van der Waals surface area contributed by atoms with E-state index in [1.807, 2.05) is 4.83 Å². The van der Waals surface area contributed by atoms with E-state index in [2.05, 4.69) is 10.4 Å². The Balaban J connectivity index is 2.11. The third-order valence-electron chi connectivity index (χ3n) is 2.45. The molecule has 2 N–H and O–H groups in total. The van der Waals surface area contributed by atoms with Gasteiger partial charge in [0.15, 0.2) is 0 Å². The van der Waals surface area contributed by atoms with Gasteiger partial charge in [-0.15, -0.1) is 4.83 Å². The molecule has 1 aromatic heterocycles. The van der Waals surface area contributed by atoms with E-state index in [9.17, 15) is 13.2 Å². The molecule has 0 fully saturated rings. The van der Waals surface area contributed by atoms with Crippen molar-refractivity contribution < 1.29 is 13.2 Å². The molecule has 0 bridgehead atoms. The van der Waals surface area contributed by atoms with E-state index in [0.29, 0.717) is 5.02 Å². The Morgan fingerprint density at radius 1 is 1.00 bits per heavy atom. The second-order valence-corrected chi connectivity index (χ2v) is 6.91. The Morgan fingerprint density at radius 3 is 2.09 bits per heavy atom. The molecule has 1 heterocycles. The highest BCUT2D eigenvalue weighted by Gasteiger charge is 2.16. The summed E-state index contributed by atoms with van der Waals surface area (Å²) in [6.45, 7) is 0. The zero-order valence-corrected chi connectivity index (χ0v) is 13.8. The number of carbonyl (C=O) groups is 1. The van der Waals surface area contributed by atoms with Crippen molar-refractivity contribution in [3.05, 3.63) is 57.3 Å². The van der Waals surface area contributed by atoms with Crippen LogP contribution in [0.3, 0.4) is 0 Å². The van der Waals surface area contributed by atoms with Crippen LogP contribution >= 0.6 is 34.8 Å². The number of nitrogens with one attached hydrogen (secondary N) is 2. The Bertz CT molecular complexity index is 790. The Morgan fingerprint density at radius 2 is 1.55 bits per heavy atom. The first-order valence-corrected chi connectivity index (χ1v) is 8.30. The van der Waals surface area contributed by atoms with Crippen LogP contribution in [0, 0.1) is 0 Å². The predicted octanol–water partition coefficient (Wildman–Crippen LogP) is 2.67. The number of pyridine rings is 1. The molecule has 0 aliphatic heterocycles. The fourth-order valence-electron chi connectivity index (χ4n) is 1.45. The second-order valence-electron chi connectivity index (χ2n) is 4.01. The van der Waals surface area contributed by atoms with Crippen LogP contribution in [0.25, 0.3) is 0 Å². The first kappa shape index (κ1) is 17.0. The monoisotopic (exact) mass is 379 g/mol. The Labute approximate surface area is 141 Å². The van der Waals surface area contributed by atoms with Crippen LogP contribution in [-0.4, -0.2) is 19.3 Å². The molecule has 6 nitrogen and oxygen atoms in total. The Kier molecular flexibility index (Phi) is 5.25.